The fraction of sp³-hybridized carbons (Fsp3) is 0.667. The van der Waals surface area contributed by atoms with E-state index in [1.54, 1.807) is 7.05 Å². The molecule has 0 saturated carbocycles. The number of methoxy groups -OCH3 is 2. The first-order chi connectivity index (χ1) is 5.59. The number of rotatable bonds is 2. The summed E-state index contributed by atoms with van der Waals surface area (Å²) in [6.07, 6.45) is 0. The molecule has 68 valence electrons. The van der Waals surface area contributed by atoms with Gasteiger partial charge in [-0.25, -0.2) is 20.0 Å². The second-order valence-corrected chi connectivity index (χ2v) is 2.36. The highest BCUT2D eigenvalue weighted by Crippen LogP contribution is 2.25. The van der Waals surface area contributed by atoms with Crippen LogP contribution >= 0.6 is 0 Å². The average molecular weight is 174 g/mol. The maximum Gasteiger partial charge on any atom is 0.356 e. The Balaban J connectivity index is 2.79. The zero-order valence-electron chi connectivity index (χ0n) is 7.08. The molecule has 0 aromatic rings. The number of carbonyl (C=O) groups is 2. The third kappa shape index (κ3) is 0.961. The zero-order valence-corrected chi connectivity index (χ0v) is 7.08. The van der Waals surface area contributed by atoms with Gasteiger partial charge in [-0.2, -0.15) is 0 Å². The van der Waals surface area contributed by atoms with Crippen LogP contribution < -0.4 is 5.43 Å². The summed E-state index contributed by atoms with van der Waals surface area (Å²) in [6.45, 7) is 0. The van der Waals surface area contributed by atoms with Crippen LogP contribution in [0.3, 0.4) is 0 Å². The van der Waals surface area contributed by atoms with Gasteiger partial charge in [-0.15, -0.1) is 0 Å². The van der Waals surface area contributed by atoms with E-state index in [2.05, 4.69) is 14.9 Å². The quantitative estimate of drug-likeness (QED) is 0.311. The number of hydrogen-bond acceptors (Lipinski definition) is 6. The molecule has 12 heavy (non-hydrogen) atoms. The highest BCUT2D eigenvalue weighted by Gasteiger charge is 2.65. The average Bonchev–Trinajstić information content (AvgIpc) is 2.76. The normalized spacial score (nSPS) is 24.4. The summed E-state index contributed by atoms with van der Waals surface area (Å²) in [6, 6.07) is 0. The summed E-state index contributed by atoms with van der Waals surface area (Å²) in [7, 11) is 3.97. The smallest absolute Gasteiger partial charge is 0.356 e. The van der Waals surface area contributed by atoms with Crippen molar-refractivity contribution >= 4 is 11.9 Å². The van der Waals surface area contributed by atoms with Gasteiger partial charge in [-0.05, 0) is 0 Å². The number of hydrazine groups is 1. The largest absolute Gasteiger partial charge is 0.466 e. The van der Waals surface area contributed by atoms with E-state index in [-0.39, 0.29) is 0 Å². The molecule has 1 aliphatic heterocycles. The topological polar surface area (TPSA) is 77.6 Å². The maximum atomic E-state index is 11.1. The minimum Gasteiger partial charge on any atom is -0.466 e. The summed E-state index contributed by atoms with van der Waals surface area (Å²) in [5.41, 5.74) is 1.12. The number of nitrogens with zero attached hydrogens (tertiary/aromatic N) is 1. The van der Waals surface area contributed by atoms with E-state index in [0.29, 0.717) is 0 Å². The van der Waals surface area contributed by atoms with Crippen molar-refractivity contribution in [2.45, 2.75) is 5.66 Å². The number of hydrogen-bond donors (Lipinski definition) is 1. The van der Waals surface area contributed by atoms with E-state index in [1.165, 1.54) is 19.2 Å². The Hall–Kier alpha value is -1.14. The third-order valence-electron chi connectivity index (χ3n) is 1.74. The fourth-order valence-electron chi connectivity index (χ4n) is 0.962. The van der Waals surface area contributed by atoms with Crippen LogP contribution in [0.15, 0.2) is 0 Å². The number of carbonyl (C=O) groups excluding carboxylic acids is 2. The summed E-state index contributed by atoms with van der Waals surface area (Å²) in [4.78, 5) is 22.2. The van der Waals surface area contributed by atoms with Crippen molar-refractivity contribution in [1.29, 1.82) is 0 Å². The first-order valence-corrected chi connectivity index (χ1v) is 3.28. The van der Waals surface area contributed by atoms with Crippen molar-refractivity contribution in [2.75, 3.05) is 21.3 Å². The molecule has 6 nitrogen and oxygen atoms in total. The highest BCUT2D eigenvalue weighted by molar-refractivity contribution is 6.06. The molecule has 0 spiro atoms. The summed E-state index contributed by atoms with van der Waals surface area (Å²) >= 11 is 0. The van der Waals surface area contributed by atoms with Gasteiger partial charge in [0.2, 0.25) is 0 Å². The molecule has 1 unspecified atom stereocenters. The Labute approximate surface area is 69.4 Å². The van der Waals surface area contributed by atoms with Gasteiger partial charge < -0.3 is 9.47 Å². The summed E-state index contributed by atoms with van der Waals surface area (Å²) in [5.74, 6) is -1.34. The molecule has 0 bridgehead atoms. The van der Waals surface area contributed by atoms with Crippen molar-refractivity contribution in [3.8, 4) is 0 Å². The molecule has 0 aromatic carbocycles. The van der Waals surface area contributed by atoms with Crippen molar-refractivity contribution in [2.24, 2.45) is 0 Å². The van der Waals surface area contributed by atoms with E-state index >= 15 is 0 Å². The van der Waals surface area contributed by atoms with E-state index < -0.39 is 17.6 Å². The lowest BCUT2D eigenvalue weighted by molar-refractivity contribution is -0.158. The van der Waals surface area contributed by atoms with Crippen LogP contribution in [0.5, 0.6) is 0 Å². The van der Waals surface area contributed by atoms with Gasteiger partial charge in [0, 0.05) is 7.05 Å². The molecule has 1 heterocycles. The second kappa shape index (κ2) is 2.72. The standard InChI is InChI=1S/C6H10N2O4/c1-8-6(7-8,4(9)11-2)5(10)12-3/h7H,1-3H3. The first-order valence-electron chi connectivity index (χ1n) is 3.28. The fourth-order valence-corrected chi connectivity index (χ4v) is 0.962. The van der Waals surface area contributed by atoms with Gasteiger partial charge >= 0.3 is 11.9 Å². The van der Waals surface area contributed by atoms with E-state index in [4.69, 9.17) is 0 Å². The van der Waals surface area contributed by atoms with Crippen molar-refractivity contribution in [1.82, 2.24) is 10.4 Å². The predicted octanol–water partition coefficient (Wildman–Crippen LogP) is -1.52. The minimum atomic E-state index is -1.41. The van der Waals surface area contributed by atoms with Crippen LogP contribution in [0.1, 0.15) is 0 Å². The van der Waals surface area contributed by atoms with Crippen LogP contribution in [-0.4, -0.2) is 43.9 Å². The Morgan fingerprint density at radius 3 is 1.75 bits per heavy atom. The number of esters is 2. The lowest BCUT2D eigenvalue weighted by Crippen LogP contribution is -2.41. The number of likely N-dealkylation sites (N-methyl/N-ethyl adjacent to an activating group) is 1. The van der Waals surface area contributed by atoms with Gasteiger partial charge in [0.05, 0.1) is 14.2 Å². The molecule has 0 amide bonds. The van der Waals surface area contributed by atoms with Crippen LogP contribution in [-0.2, 0) is 19.1 Å². The van der Waals surface area contributed by atoms with Gasteiger partial charge in [-0.3, -0.25) is 0 Å². The molecular weight excluding hydrogens is 164 g/mol. The van der Waals surface area contributed by atoms with E-state index in [1.807, 2.05) is 0 Å². The van der Waals surface area contributed by atoms with Crippen molar-refractivity contribution < 1.29 is 19.1 Å². The molecule has 0 aromatic heterocycles. The Morgan fingerprint density at radius 2 is 1.58 bits per heavy atom. The van der Waals surface area contributed by atoms with Crippen LogP contribution in [0.2, 0.25) is 0 Å². The summed E-state index contributed by atoms with van der Waals surface area (Å²) < 4.78 is 8.85. The number of nitrogens with one attached hydrogen (secondary N) is 1. The van der Waals surface area contributed by atoms with Crippen molar-refractivity contribution in [3.63, 3.8) is 0 Å². The van der Waals surface area contributed by atoms with Gasteiger partial charge in [-0.1, -0.05) is 0 Å². The molecule has 1 atom stereocenters. The molecule has 1 aliphatic rings. The molecule has 0 radical (unpaired) electrons. The molecule has 1 fully saturated rings. The number of ether oxygens (including phenoxy) is 2. The SMILES string of the molecule is COC(=O)C1(C(=O)OC)NN1C. The molecule has 1 rings (SSSR count). The third-order valence-corrected chi connectivity index (χ3v) is 1.74. The van der Waals surface area contributed by atoms with Gasteiger partial charge in [0.1, 0.15) is 0 Å². The molecule has 1 saturated heterocycles. The van der Waals surface area contributed by atoms with Crippen LogP contribution in [0, 0.1) is 0 Å². The van der Waals surface area contributed by atoms with Gasteiger partial charge in [0.15, 0.2) is 0 Å². The van der Waals surface area contributed by atoms with Gasteiger partial charge in [0.25, 0.3) is 5.66 Å². The molecular formula is C6H10N2O4. The molecule has 0 aliphatic carbocycles. The lowest BCUT2D eigenvalue weighted by Gasteiger charge is -2.07. The minimum absolute atomic E-state index is 0.670. The Kier molecular flexibility index (Phi) is 2.03. The Morgan fingerprint density at radius 1 is 1.25 bits per heavy atom. The highest BCUT2D eigenvalue weighted by atomic mass is 16.6. The monoisotopic (exact) mass is 174 g/mol. The predicted molar refractivity (Wildman–Crippen MR) is 37.7 cm³/mol. The second-order valence-electron chi connectivity index (χ2n) is 2.36. The van der Waals surface area contributed by atoms with Crippen LogP contribution in [0.4, 0.5) is 0 Å². The zero-order chi connectivity index (χ0) is 9.35. The maximum absolute atomic E-state index is 11.1. The molecule has 6 heteroatoms. The van der Waals surface area contributed by atoms with Crippen molar-refractivity contribution in [3.05, 3.63) is 0 Å². The summed E-state index contributed by atoms with van der Waals surface area (Å²) in [5, 5.41) is 1.32. The first kappa shape index (κ1) is 8.95. The van der Waals surface area contributed by atoms with E-state index in [9.17, 15) is 9.59 Å². The van der Waals surface area contributed by atoms with E-state index in [0.717, 1.165) is 0 Å². The Bertz CT molecular complexity index is 212. The molecule has 1 N–H and O–H groups in total. The lowest BCUT2D eigenvalue weighted by atomic mass is 10.2. The van der Waals surface area contributed by atoms with Crippen LogP contribution in [0.25, 0.3) is 0 Å².